The van der Waals surface area contributed by atoms with Crippen LogP contribution in [0, 0.1) is 79.8 Å². The molecule has 0 amide bonds. The van der Waals surface area contributed by atoms with Crippen molar-refractivity contribution in [2.45, 2.75) is 108 Å². The van der Waals surface area contributed by atoms with Gasteiger partial charge in [0.15, 0.2) is 5.41 Å². The first-order chi connectivity index (χ1) is 23.0. The van der Waals surface area contributed by atoms with E-state index in [-0.39, 0.29) is 27.9 Å². The molecule has 1 aromatic rings. The number of hydrogen-bond acceptors (Lipinski definition) is 7. The van der Waals surface area contributed by atoms with E-state index in [1.807, 2.05) is 32.1 Å². The standard InChI is InChI=1S/C17H15N5.C11H18Cl2O.C10H14N2S/c18-8-13-11-4-1-2-5-12(11)15(14-6-3-7-22-14)17(9-19,10-20)16(13)21;1-9(2,14)7-4-5-10(3)8(6-7)11(10,12)13;1-7-2-4-8(5-3-7)9(6-11)10(12)13/h3-4,6-7,12,15,22H,1-2,5,21H2;7-8,14H,4-6H2,1-3H3;7H,2-5H2,1H3,(H2,12,13). The number of nitrogens with zero attached hydrogens (tertiary/aromatic N) is 4. The highest BCUT2D eigenvalue weighted by atomic mass is 35.5. The van der Waals surface area contributed by atoms with Crippen LogP contribution in [0.1, 0.15) is 104 Å². The van der Waals surface area contributed by atoms with Gasteiger partial charge in [0, 0.05) is 29.1 Å². The lowest BCUT2D eigenvalue weighted by Crippen LogP contribution is -2.42. The summed E-state index contributed by atoms with van der Waals surface area (Å²) in [4.78, 5) is 3.38. The summed E-state index contributed by atoms with van der Waals surface area (Å²) < 4.78 is -0.535. The zero-order chi connectivity index (χ0) is 36.4. The van der Waals surface area contributed by atoms with Crippen molar-refractivity contribution in [3.63, 3.8) is 0 Å². The number of alkyl halides is 2. The van der Waals surface area contributed by atoms with Crippen LogP contribution in [0.3, 0.4) is 0 Å². The van der Waals surface area contributed by atoms with Gasteiger partial charge in [0.05, 0.1) is 34.6 Å². The van der Waals surface area contributed by atoms with E-state index in [2.05, 4.69) is 43.1 Å². The van der Waals surface area contributed by atoms with Gasteiger partial charge in [-0.05, 0) is 119 Å². The minimum Gasteiger partial charge on any atom is -0.399 e. The summed E-state index contributed by atoms with van der Waals surface area (Å²) in [6.07, 6.45) is 13.9. The van der Waals surface area contributed by atoms with Crippen LogP contribution in [-0.4, -0.2) is 25.0 Å². The van der Waals surface area contributed by atoms with Gasteiger partial charge in [-0.25, -0.2) is 0 Å². The van der Waals surface area contributed by atoms with E-state index >= 15 is 0 Å². The Labute approximate surface area is 306 Å². The number of allylic oxidation sites excluding steroid dienone is 5. The Bertz CT molecular complexity index is 1670. The quantitative estimate of drug-likeness (QED) is 0.104. The SMILES string of the molecule is CC(C)(O)C1CCC2(C)C(C1)C2(Cl)Cl.CC1CCC(=C(C#N)C(N)=S)CC1.N#CC1=C(N)C(C#N)(C#N)C(c2ccc[nH]2)C2CCCC=C12. The first kappa shape index (κ1) is 38.5. The second-order valence-electron chi connectivity index (χ2n) is 15.1. The van der Waals surface area contributed by atoms with Crippen molar-refractivity contribution in [2.75, 3.05) is 0 Å². The average Bonchev–Trinajstić information content (AvgIpc) is 3.36. The molecule has 3 saturated carbocycles. The Morgan fingerprint density at radius 1 is 1.10 bits per heavy atom. The second-order valence-corrected chi connectivity index (χ2v) is 16.9. The number of nitriles is 4. The van der Waals surface area contributed by atoms with E-state index in [0.29, 0.717) is 23.0 Å². The summed E-state index contributed by atoms with van der Waals surface area (Å²) in [6.45, 7) is 8.17. The average molecular weight is 721 g/mol. The summed E-state index contributed by atoms with van der Waals surface area (Å²) in [5.74, 6) is 1.09. The minimum absolute atomic E-state index is 0.0337. The Kier molecular flexibility index (Phi) is 11.7. The number of thiocarbonyl (C=S) groups is 1. The lowest BCUT2D eigenvalue weighted by atomic mass is 9.57. The molecule has 0 aromatic carbocycles. The summed E-state index contributed by atoms with van der Waals surface area (Å²) in [7, 11) is 0. The third-order valence-electron chi connectivity index (χ3n) is 11.8. The van der Waals surface area contributed by atoms with E-state index in [4.69, 9.17) is 52.1 Å². The van der Waals surface area contributed by atoms with Crippen molar-refractivity contribution < 1.29 is 5.11 Å². The van der Waals surface area contributed by atoms with Crippen LogP contribution in [0.4, 0.5) is 0 Å². The number of hydrogen-bond donors (Lipinski definition) is 4. The molecule has 5 aliphatic rings. The van der Waals surface area contributed by atoms with Crippen LogP contribution in [0.25, 0.3) is 0 Å². The van der Waals surface area contributed by atoms with Crippen molar-refractivity contribution in [1.29, 1.82) is 21.0 Å². The summed E-state index contributed by atoms with van der Waals surface area (Å²) in [5.41, 5.74) is 13.5. The number of fused-ring (bicyclic) bond motifs is 2. The van der Waals surface area contributed by atoms with Crippen LogP contribution in [0.2, 0.25) is 0 Å². The molecule has 0 bridgehead atoms. The molecule has 0 saturated heterocycles. The van der Waals surface area contributed by atoms with E-state index < -0.39 is 15.3 Å². The topological polar surface area (TPSA) is 183 Å². The van der Waals surface area contributed by atoms with Gasteiger partial charge >= 0.3 is 0 Å². The van der Waals surface area contributed by atoms with Crippen LogP contribution >= 0.6 is 35.4 Å². The molecule has 6 rings (SSSR count). The van der Waals surface area contributed by atoms with E-state index in [1.54, 1.807) is 6.20 Å². The van der Waals surface area contributed by atoms with Crippen molar-refractivity contribution in [2.24, 2.45) is 46.0 Å². The molecular weight excluding hydrogens is 673 g/mol. The number of halogens is 2. The van der Waals surface area contributed by atoms with E-state index in [0.717, 1.165) is 87.0 Å². The van der Waals surface area contributed by atoms with Gasteiger partial charge in [-0.1, -0.05) is 32.1 Å². The summed E-state index contributed by atoms with van der Waals surface area (Å²) in [6, 6.07) is 12.2. The van der Waals surface area contributed by atoms with Gasteiger partial charge in [-0.15, -0.1) is 23.2 Å². The molecule has 5 unspecified atom stereocenters. The zero-order valence-corrected chi connectivity index (χ0v) is 31.2. The molecule has 5 aliphatic carbocycles. The smallest absolute Gasteiger partial charge is 0.192 e. The largest absolute Gasteiger partial charge is 0.399 e. The third kappa shape index (κ3) is 7.29. The monoisotopic (exact) mass is 719 g/mol. The van der Waals surface area contributed by atoms with Gasteiger partial charge in [-0.2, -0.15) is 21.0 Å². The fourth-order valence-corrected chi connectivity index (χ4v) is 9.56. The predicted molar refractivity (Wildman–Crippen MR) is 196 cm³/mol. The van der Waals surface area contributed by atoms with Crippen LogP contribution in [-0.2, 0) is 0 Å². The van der Waals surface area contributed by atoms with Gasteiger partial charge in [0.2, 0.25) is 0 Å². The fraction of sp³-hybridized carbons (Fsp3) is 0.605. The Balaban J connectivity index is 0.000000175. The number of nitrogens with one attached hydrogen (secondary N) is 1. The van der Waals surface area contributed by atoms with Crippen molar-refractivity contribution >= 4 is 40.4 Å². The maximum absolute atomic E-state index is 9.95. The lowest BCUT2D eigenvalue weighted by Gasteiger charge is -2.42. The molecule has 3 fully saturated rings. The molecule has 49 heavy (non-hydrogen) atoms. The van der Waals surface area contributed by atoms with Crippen molar-refractivity contribution in [3.8, 4) is 24.3 Å². The number of aliphatic hydroxyl groups is 1. The molecule has 260 valence electrons. The van der Waals surface area contributed by atoms with Crippen molar-refractivity contribution in [3.05, 3.63) is 58.1 Å². The zero-order valence-electron chi connectivity index (χ0n) is 28.8. The molecule has 0 spiro atoms. The highest BCUT2D eigenvalue weighted by Gasteiger charge is 2.74. The highest BCUT2D eigenvalue weighted by molar-refractivity contribution is 7.80. The molecule has 5 atom stereocenters. The Morgan fingerprint density at radius 2 is 1.76 bits per heavy atom. The first-order valence-electron chi connectivity index (χ1n) is 17.1. The first-order valence-corrected chi connectivity index (χ1v) is 18.3. The predicted octanol–water partition coefficient (Wildman–Crippen LogP) is 8.28. The Morgan fingerprint density at radius 3 is 2.24 bits per heavy atom. The second kappa shape index (κ2) is 14.9. The van der Waals surface area contributed by atoms with Crippen LogP contribution in [0.5, 0.6) is 0 Å². The number of aromatic nitrogens is 1. The minimum atomic E-state index is -1.50. The number of aromatic amines is 1. The van der Waals surface area contributed by atoms with Crippen LogP contribution in [0.15, 0.2) is 52.4 Å². The maximum atomic E-state index is 9.95. The number of rotatable bonds is 3. The lowest BCUT2D eigenvalue weighted by molar-refractivity contribution is -0.00596. The molecule has 6 N–H and O–H groups in total. The highest BCUT2D eigenvalue weighted by Crippen LogP contribution is 2.75. The molecule has 1 heterocycles. The maximum Gasteiger partial charge on any atom is 0.192 e. The number of nitrogens with two attached hydrogens (primary N) is 2. The van der Waals surface area contributed by atoms with Crippen LogP contribution < -0.4 is 11.5 Å². The fourth-order valence-electron chi connectivity index (χ4n) is 8.37. The molecule has 8 nitrogen and oxygen atoms in total. The molecular formula is C38H47Cl2N7OS. The summed E-state index contributed by atoms with van der Waals surface area (Å²) in [5, 5.41) is 47.8. The Hall–Kier alpha value is -3.31. The van der Waals surface area contributed by atoms with Gasteiger partial charge in [0.1, 0.15) is 21.5 Å². The molecule has 11 heteroatoms. The van der Waals surface area contributed by atoms with Gasteiger partial charge in [0.25, 0.3) is 0 Å². The van der Waals surface area contributed by atoms with Gasteiger partial charge < -0.3 is 21.6 Å². The molecule has 0 aliphatic heterocycles. The summed E-state index contributed by atoms with van der Waals surface area (Å²) >= 11 is 17.3. The van der Waals surface area contributed by atoms with E-state index in [9.17, 15) is 20.9 Å². The molecule has 0 radical (unpaired) electrons. The third-order valence-corrected chi connectivity index (χ3v) is 13.4. The number of H-pyrrole nitrogens is 1. The van der Waals surface area contributed by atoms with E-state index in [1.165, 1.54) is 0 Å². The normalized spacial score (nSPS) is 30.7. The van der Waals surface area contributed by atoms with Gasteiger partial charge in [-0.3, -0.25) is 0 Å². The molecule has 1 aromatic heterocycles. The van der Waals surface area contributed by atoms with Crippen molar-refractivity contribution in [1.82, 2.24) is 4.98 Å².